The Morgan fingerprint density at radius 3 is 2.72 bits per heavy atom. The van der Waals surface area contributed by atoms with Crippen LogP contribution in [0, 0.1) is 0 Å². The number of nitrogens with zero attached hydrogens (tertiary/aromatic N) is 4. The normalized spacial score (nSPS) is 11.8. The molecule has 1 aromatic carbocycles. The lowest BCUT2D eigenvalue weighted by Gasteiger charge is -2.04. The molecule has 7 nitrogen and oxygen atoms in total. The predicted molar refractivity (Wildman–Crippen MR) is 97.5 cm³/mol. The molecule has 0 fully saturated rings. The largest absolute Gasteiger partial charge is 0.490 e. The number of hydrogen-bond acceptors (Lipinski definition) is 6. The van der Waals surface area contributed by atoms with Gasteiger partial charge in [0.2, 0.25) is 0 Å². The van der Waals surface area contributed by atoms with E-state index in [0.717, 1.165) is 5.69 Å². The van der Waals surface area contributed by atoms with E-state index >= 15 is 0 Å². The van der Waals surface area contributed by atoms with Crippen LogP contribution in [0.3, 0.4) is 0 Å². The van der Waals surface area contributed by atoms with Crippen molar-refractivity contribution in [1.82, 2.24) is 25.2 Å². The summed E-state index contributed by atoms with van der Waals surface area (Å²) in [6.45, 7) is 4.52. The molecule has 0 aliphatic rings. The van der Waals surface area contributed by atoms with E-state index in [9.17, 15) is 0 Å². The first kappa shape index (κ1) is 19.0. The van der Waals surface area contributed by atoms with Crippen LogP contribution in [0.4, 0.5) is 0 Å². The molecule has 134 valence electrons. The van der Waals surface area contributed by atoms with Crippen molar-refractivity contribution in [1.29, 1.82) is 0 Å². The van der Waals surface area contributed by atoms with Crippen LogP contribution >= 0.6 is 12.4 Å². The van der Waals surface area contributed by atoms with Gasteiger partial charge in [-0.15, -0.1) is 12.4 Å². The molecule has 0 aliphatic carbocycles. The molecule has 0 radical (unpaired) electrons. The summed E-state index contributed by atoms with van der Waals surface area (Å²) < 4.78 is 12.8. The van der Waals surface area contributed by atoms with E-state index in [0.29, 0.717) is 36.2 Å². The molecule has 2 aromatic heterocycles. The molecule has 0 saturated heterocycles. The molecule has 0 bridgehead atoms. The Balaban J connectivity index is 0.00000225. The van der Waals surface area contributed by atoms with Gasteiger partial charge in [0.05, 0.1) is 18.5 Å². The maximum absolute atomic E-state index is 5.68. The van der Waals surface area contributed by atoms with Gasteiger partial charge in [-0.2, -0.15) is 10.1 Å². The minimum Gasteiger partial charge on any atom is -0.490 e. The standard InChI is InChI=1S/C17H21N5O2.ClH/c1-4-23-14-11-22(13-8-6-5-7-9-13)20-16(14)17-19-15(21-24-17)10-12(2)18-3;/h5-9,11-12,18H,4,10H2,1-3H3;1H. The molecule has 1 unspecified atom stereocenters. The summed E-state index contributed by atoms with van der Waals surface area (Å²) in [5, 5.41) is 11.7. The van der Waals surface area contributed by atoms with Crippen LogP contribution in [0.25, 0.3) is 17.3 Å². The maximum atomic E-state index is 5.68. The highest BCUT2D eigenvalue weighted by Crippen LogP contribution is 2.28. The van der Waals surface area contributed by atoms with Gasteiger partial charge < -0.3 is 14.6 Å². The van der Waals surface area contributed by atoms with Gasteiger partial charge in [0.25, 0.3) is 5.89 Å². The van der Waals surface area contributed by atoms with Crippen LogP contribution in [-0.4, -0.2) is 39.6 Å². The average Bonchev–Trinajstić information content (AvgIpc) is 3.23. The highest BCUT2D eigenvalue weighted by atomic mass is 35.5. The second-order valence-corrected chi connectivity index (χ2v) is 5.46. The Bertz CT molecular complexity index is 787. The first-order valence-corrected chi connectivity index (χ1v) is 7.99. The van der Waals surface area contributed by atoms with E-state index in [2.05, 4.69) is 27.5 Å². The summed E-state index contributed by atoms with van der Waals surface area (Å²) >= 11 is 0. The van der Waals surface area contributed by atoms with Crippen LogP contribution < -0.4 is 10.1 Å². The molecule has 8 heteroatoms. The maximum Gasteiger partial charge on any atom is 0.282 e. The number of benzene rings is 1. The van der Waals surface area contributed by atoms with Gasteiger partial charge in [-0.25, -0.2) is 4.68 Å². The van der Waals surface area contributed by atoms with Crippen molar-refractivity contribution in [3.05, 3.63) is 42.4 Å². The Morgan fingerprint density at radius 2 is 2.04 bits per heavy atom. The Hall–Kier alpha value is -2.38. The monoisotopic (exact) mass is 363 g/mol. The van der Waals surface area contributed by atoms with Crippen molar-refractivity contribution in [3.8, 4) is 23.0 Å². The number of likely N-dealkylation sites (N-methyl/N-ethyl adjacent to an activating group) is 1. The average molecular weight is 364 g/mol. The van der Waals surface area contributed by atoms with Gasteiger partial charge in [0.1, 0.15) is 0 Å². The van der Waals surface area contributed by atoms with E-state index in [1.807, 2.05) is 50.5 Å². The third-order valence-electron chi connectivity index (χ3n) is 3.65. The zero-order chi connectivity index (χ0) is 16.9. The lowest BCUT2D eigenvalue weighted by molar-refractivity contribution is 0.339. The number of aromatic nitrogens is 4. The topological polar surface area (TPSA) is 78.0 Å². The first-order valence-electron chi connectivity index (χ1n) is 7.99. The molecule has 3 rings (SSSR count). The quantitative estimate of drug-likeness (QED) is 0.695. The zero-order valence-corrected chi connectivity index (χ0v) is 15.3. The predicted octanol–water partition coefficient (Wildman–Crippen LogP) is 2.89. The molecule has 25 heavy (non-hydrogen) atoms. The van der Waals surface area contributed by atoms with Gasteiger partial charge in [0.15, 0.2) is 17.3 Å². The summed E-state index contributed by atoms with van der Waals surface area (Å²) in [6, 6.07) is 10.1. The third kappa shape index (κ3) is 4.37. The zero-order valence-electron chi connectivity index (χ0n) is 14.5. The molecular formula is C17H22ClN5O2. The fraction of sp³-hybridized carbons (Fsp3) is 0.353. The molecule has 1 N–H and O–H groups in total. The summed E-state index contributed by atoms with van der Waals surface area (Å²) in [6.07, 6.45) is 2.51. The highest BCUT2D eigenvalue weighted by Gasteiger charge is 2.20. The lowest BCUT2D eigenvalue weighted by Crippen LogP contribution is -2.24. The van der Waals surface area contributed by atoms with Crippen molar-refractivity contribution in [2.45, 2.75) is 26.3 Å². The summed E-state index contributed by atoms with van der Waals surface area (Å²) in [5.41, 5.74) is 1.49. The van der Waals surface area contributed by atoms with Crippen LogP contribution in [0.5, 0.6) is 5.75 Å². The number of para-hydroxylation sites is 1. The van der Waals surface area contributed by atoms with Crippen LogP contribution in [-0.2, 0) is 6.42 Å². The van der Waals surface area contributed by atoms with Gasteiger partial charge in [-0.1, -0.05) is 23.4 Å². The number of hydrogen-bond donors (Lipinski definition) is 1. The fourth-order valence-corrected chi connectivity index (χ4v) is 2.29. The van der Waals surface area contributed by atoms with Gasteiger partial charge in [-0.3, -0.25) is 0 Å². The summed E-state index contributed by atoms with van der Waals surface area (Å²) in [4.78, 5) is 4.44. The van der Waals surface area contributed by atoms with E-state index in [1.54, 1.807) is 4.68 Å². The number of halogens is 1. The smallest absolute Gasteiger partial charge is 0.282 e. The SMILES string of the molecule is CCOc1cn(-c2ccccc2)nc1-c1nc(CC(C)NC)no1.Cl. The van der Waals surface area contributed by atoms with Crippen LogP contribution in [0.1, 0.15) is 19.7 Å². The Labute approximate surface area is 152 Å². The van der Waals surface area contributed by atoms with Gasteiger partial charge in [0, 0.05) is 12.5 Å². The fourth-order valence-electron chi connectivity index (χ4n) is 2.29. The molecule has 3 aromatic rings. The second kappa shape index (κ2) is 8.64. The number of rotatable bonds is 7. The molecule has 0 saturated carbocycles. The minimum atomic E-state index is 0. The van der Waals surface area contributed by atoms with Crippen molar-refractivity contribution >= 4 is 12.4 Å². The van der Waals surface area contributed by atoms with E-state index in [-0.39, 0.29) is 18.4 Å². The van der Waals surface area contributed by atoms with Crippen LogP contribution in [0.2, 0.25) is 0 Å². The van der Waals surface area contributed by atoms with E-state index < -0.39 is 0 Å². The minimum absolute atomic E-state index is 0. The van der Waals surface area contributed by atoms with Crippen molar-refractivity contribution in [2.24, 2.45) is 0 Å². The molecule has 0 spiro atoms. The second-order valence-electron chi connectivity index (χ2n) is 5.46. The van der Waals surface area contributed by atoms with E-state index in [4.69, 9.17) is 9.26 Å². The molecule has 0 amide bonds. The van der Waals surface area contributed by atoms with Crippen molar-refractivity contribution in [2.75, 3.05) is 13.7 Å². The van der Waals surface area contributed by atoms with Crippen molar-refractivity contribution in [3.63, 3.8) is 0 Å². The lowest BCUT2D eigenvalue weighted by atomic mass is 10.2. The van der Waals surface area contributed by atoms with Gasteiger partial charge >= 0.3 is 0 Å². The Kier molecular flexibility index (Phi) is 6.55. The molecular weight excluding hydrogens is 342 g/mol. The summed E-state index contributed by atoms with van der Waals surface area (Å²) in [7, 11) is 1.90. The number of ether oxygens (including phenoxy) is 1. The number of nitrogens with one attached hydrogen (secondary N) is 1. The van der Waals surface area contributed by atoms with Crippen molar-refractivity contribution < 1.29 is 9.26 Å². The van der Waals surface area contributed by atoms with Gasteiger partial charge in [-0.05, 0) is 33.0 Å². The van der Waals surface area contributed by atoms with Crippen LogP contribution in [0.15, 0.2) is 41.1 Å². The summed E-state index contributed by atoms with van der Waals surface area (Å²) in [5.74, 6) is 1.63. The first-order chi connectivity index (χ1) is 11.7. The highest BCUT2D eigenvalue weighted by molar-refractivity contribution is 5.85. The molecule has 0 aliphatic heterocycles. The third-order valence-corrected chi connectivity index (χ3v) is 3.65. The molecule has 2 heterocycles. The van der Waals surface area contributed by atoms with E-state index in [1.165, 1.54) is 0 Å². The molecule has 1 atom stereocenters. The Morgan fingerprint density at radius 1 is 1.28 bits per heavy atom.